The van der Waals surface area contributed by atoms with Crippen LogP contribution in [0.4, 0.5) is 5.69 Å². The van der Waals surface area contributed by atoms with Crippen LogP contribution in [0, 0.1) is 0 Å². The van der Waals surface area contributed by atoms with Crippen molar-refractivity contribution in [1.29, 1.82) is 0 Å². The van der Waals surface area contributed by atoms with Crippen LogP contribution in [0.5, 0.6) is 0 Å². The van der Waals surface area contributed by atoms with Crippen molar-refractivity contribution < 1.29 is 21.6 Å². The van der Waals surface area contributed by atoms with E-state index in [-0.39, 0.29) is 15.8 Å². The molecule has 4 rings (SSSR count). The molecule has 0 spiro atoms. The normalized spacial score (nSPS) is 20.9. The lowest BCUT2D eigenvalue weighted by molar-refractivity contribution is 0.0730. The van der Waals surface area contributed by atoms with Crippen molar-refractivity contribution >= 4 is 25.7 Å². The molecule has 0 radical (unpaired) electrons. The monoisotopic (exact) mass is 422 g/mol. The number of benzene rings is 2. The van der Waals surface area contributed by atoms with Crippen LogP contribution < -0.4 is 4.31 Å². The second-order valence-electron chi connectivity index (χ2n) is 6.97. The van der Waals surface area contributed by atoms with Crippen LogP contribution in [-0.2, 0) is 31.2 Å². The Kier molecular flexibility index (Phi) is 4.95. The first-order chi connectivity index (χ1) is 13.3. The molecule has 2 aromatic carbocycles. The Morgan fingerprint density at radius 3 is 2.25 bits per heavy atom. The molecule has 0 N–H and O–H groups in total. The van der Waals surface area contributed by atoms with Gasteiger partial charge in [0.25, 0.3) is 10.0 Å². The van der Waals surface area contributed by atoms with Crippen molar-refractivity contribution in [2.75, 3.05) is 30.6 Å². The van der Waals surface area contributed by atoms with E-state index in [9.17, 15) is 16.8 Å². The van der Waals surface area contributed by atoms with Crippen LogP contribution in [0.15, 0.2) is 58.3 Å². The van der Waals surface area contributed by atoms with E-state index >= 15 is 0 Å². The molecule has 150 valence electrons. The van der Waals surface area contributed by atoms with E-state index in [0.29, 0.717) is 38.4 Å². The molecule has 0 aromatic heterocycles. The Hall–Kier alpha value is -1.94. The molecule has 2 heterocycles. The number of fused-ring (bicyclic) bond motifs is 1. The molecule has 2 aliphatic heterocycles. The summed E-state index contributed by atoms with van der Waals surface area (Å²) in [7, 11) is -7.33. The molecular formula is C19H22N2O5S2. The van der Waals surface area contributed by atoms with E-state index in [1.807, 2.05) is 6.92 Å². The van der Waals surface area contributed by atoms with Crippen LogP contribution in [0.25, 0.3) is 0 Å². The standard InChI is InChI=1S/C19H22N2O5S2/c1-15-13-16-14-18(27(22,23)20-9-11-26-12-10-20)7-8-19(16)21(15)28(24,25)17-5-3-2-4-6-17/h2-8,14-15H,9-13H2,1H3/t15-/m1/s1. The van der Waals surface area contributed by atoms with Gasteiger partial charge < -0.3 is 4.74 Å². The Morgan fingerprint density at radius 2 is 1.57 bits per heavy atom. The first kappa shape index (κ1) is 19.4. The maximum absolute atomic E-state index is 13.1. The van der Waals surface area contributed by atoms with E-state index in [4.69, 9.17) is 4.74 Å². The van der Waals surface area contributed by atoms with Gasteiger partial charge in [-0.25, -0.2) is 16.8 Å². The first-order valence-electron chi connectivity index (χ1n) is 9.12. The van der Waals surface area contributed by atoms with Gasteiger partial charge in [-0.3, -0.25) is 4.31 Å². The van der Waals surface area contributed by atoms with Gasteiger partial charge in [0, 0.05) is 19.1 Å². The summed E-state index contributed by atoms with van der Waals surface area (Å²) in [6, 6.07) is 12.7. The predicted octanol–water partition coefficient (Wildman–Crippen LogP) is 1.85. The van der Waals surface area contributed by atoms with Gasteiger partial charge in [0.2, 0.25) is 10.0 Å². The molecular weight excluding hydrogens is 400 g/mol. The third-order valence-electron chi connectivity index (χ3n) is 5.11. The number of ether oxygens (including phenoxy) is 1. The highest BCUT2D eigenvalue weighted by Gasteiger charge is 2.37. The molecule has 9 heteroatoms. The van der Waals surface area contributed by atoms with Crippen molar-refractivity contribution in [3.8, 4) is 0 Å². The topological polar surface area (TPSA) is 84.0 Å². The number of hydrogen-bond donors (Lipinski definition) is 0. The summed E-state index contributed by atoms with van der Waals surface area (Å²) in [5.41, 5.74) is 1.26. The molecule has 0 bridgehead atoms. The minimum Gasteiger partial charge on any atom is -0.379 e. The van der Waals surface area contributed by atoms with Gasteiger partial charge in [0.15, 0.2) is 0 Å². The molecule has 0 aliphatic carbocycles. The van der Waals surface area contributed by atoms with E-state index in [2.05, 4.69) is 0 Å². The predicted molar refractivity (Wildman–Crippen MR) is 105 cm³/mol. The van der Waals surface area contributed by atoms with Crippen molar-refractivity contribution in [3.63, 3.8) is 0 Å². The Morgan fingerprint density at radius 1 is 0.893 bits per heavy atom. The van der Waals surface area contributed by atoms with Crippen molar-refractivity contribution in [2.24, 2.45) is 0 Å². The van der Waals surface area contributed by atoms with E-state index in [1.165, 1.54) is 14.7 Å². The van der Waals surface area contributed by atoms with E-state index in [1.54, 1.807) is 42.5 Å². The summed E-state index contributed by atoms with van der Waals surface area (Å²) in [5, 5.41) is 0. The maximum atomic E-state index is 13.1. The molecule has 0 unspecified atom stereocenters. The highest BCUT2D eigenvalue weighted by atomic mass is 32.2. The number of nitrogens with zero attached hydrogens (tertiary/aromatic N) is 2. The van der Waals surface area contributed by atoms with Crippen molar-refractivity contribution in [1.82, 2.24) is 4.31 Å². The first-order valence-corrected chi connectivity index (χ1v) is 12.0. The lowest BCUT2D eigenvalue weighted by Crippen LogP contribution is -2.40. The van der Waals surface area contributed by atoms with Gasteiger partial charge in [-0.1, -0.05) is 18.2 Å². The Bertz CT molecular complexity index is 1080. The van der Waals surface area contributed by atoms with Crippen LogP contribution >= 0.6 is 0 Å². The quantitative estimate of drug-likeness (QED) is 0.751. The lowest BCUT2D eigenvalue weighted by Gasteiger charge is -2.26. The van der Waals surface area contributed by atoms with E-state index < -0.39 is 20.0 Å². The molecule has 2 aliphatic rings. The number of morpholine rings is 1. The van der Waals surface area contributed by atoms with Gasteiger partial charge in [-0.2, -0.15) is 4.31 Å². The zero-order chi connectivity index (χ0) is 19.9. The molecule has 1 fully saturated rings. The minimum atomic E-state index is -3.71. The van der Waals surface area contributed by atoms with Crippen molar-refractivity contribution in [3.05, 3.63) is 54.1 Å². The molecule has 2 aromatic rings. The third-order valence-corrected chi connectivity index (χ3v) is 8.95. The summed E-state index contributed by atoms with van der Waals surface area (Å²) in [5.74, 6) is 0. The Balaban J connectivity index is 1.71. The molecule has 1 atom stereocenters. The average Bonchev–Trinajstić information content (AvgIpc) is 3.05. The molecule has 0 amide bonds. The molecule has 0 saturated carbocycles. The second-order valence-corrected chi connectivity index (χ2v) is 10.7. The van der Waals surface area contributed by atoms with Crippen LogP contribution in [0.3, 0.4) is 0 Å². The van der Waals surface area contributed by atoms with Crippen LogP contribution in [-0.4, -0.2) is 53.5 Å². The third kappa shape index (κ3) is 3.22. The van der Waals surface area contributed by atoms with E-state index in [0.717, 1.165) is 5.56 Å². The molecule has 1 saturated heterocycles. The van der Waals surface area contributed by atoms with Gasteiger partial charge in [-0.05, 0) is 49.2 Å². The highest BCUT2D eigenvalue weighted by molar-refractivity contribution is 7.93. The summed E-state index contributed by atoms with van der Waals surface area (Å²) < 4.78 is 60.1. The number of sulfonamides is 2. The van der Waals surface area contributed by atoms with Gasteiger partial charge in [0.1, 0.15) is 0 Å². The Labute approximate surface area is 165 Å². The largest absolute Gasteiger partial charge is 0.379 e. The smallest absolute Gasteiger partial charge is 0.264 e. The number of hydrogen-bond acceptors (Lipinski definition) is 5. The fourth-order valence-electron chi connectivity index (χ4n) is 3.75. The SMILES string of the molecule is C[C@@H]1Cc2cc(S(=O)(=O)N3CCOCC3)ccc2N1S(=O)(=O)c1ccccc1. The molecule has 28 heavy (non-hydrogen) atoms. The highest BCUT2D eigenvalue weighted by Crippen LogP contribution is 2.38. The van der Waals surface area contributed by atoms with Gasteiger partial charge in [-0.15, -0.1) is 0 Å². The summed E-state index contributed by atoms with van der Waals surface area (Å²) in [6.07, 6.45) is 0.466. The second kappa shape index (κ2) is 7.14. The summed E-state index contributed by atoms with van der Waals surface area (Å²) >= 11 is 0. The maximum Gasteiger partial charge on any atom is 0.264 e. The van der Waals surface area contributed by atoms with Crippen LogP contribution in [0.1, 0.15) is 12.5 Å². The fourth-order valence-corrected chi connectivity index (χ4v) is 6.92. The number of rotatable bonds is 4. The summed E-state index contributed by atoms with van der Waals surface area (Å²) in [4.78, 5) is 0.416. The van der Waals surface area contributed by atoms with Crippen molar-refractivity contribution in [2.45, 2.75) is 29.2 Å². The van der Waals surface area contributed by atoms with Crippen LogP contribution in [0.2, 0.25) is 0 Å². The minimum absolute atomic E-state index is 0.194. The zero-order valence-corrected chi connectivity index (χ0v) is 17.1. The lowest BCUT2D eigenvalue weighted by atomic mass is 10.1. The zero-order valence-electron chi connectivity index (χ0n) is 15.5. The fraction of sp³-hybridized carbons (Fsp3) is 0.368. The molecule has 7 nitrogen and oxygen atoms in total. The van der Waals surface area contributed by atoms with Gasteiger partial charge in [0.05, 0.1) is 28.7 Å². The van der Waals surface area contributed by atoms with Gasteiger partial charge >= 0.3 is 0 Å². The number of anilines is 1. The summed E-state index contributed by atoms with van der Waals surface area (Å²) in [6.45, 7) is 3.24. The average molecular weight is 423 g/mol.